The number of anilines is 1. The van der Waals surface area contributed by atoms with E-state index in [2.05, 4.69) is 10.1 Å². The quantitative estimate of drug-likeness (QED) is 0.539. The van der Waals surface area contributed by atoms with Gasteiger partial charge in [0, 0.05) is 17.5 Å². The molecule has 7 nitrogen and oxygen atoms in total. The van der Waals surface area contributed by atoms with E-state index in [1.54, 1.807) is 6.92 Å². The van der Waals surface area contributed by atoms with Crippen molar-refractivity contribution in [2.75, 3.05) is 26.2 Å². The lowest BCUT2D eigenvalue weighted by Gasteiger charge is -2.19. The van der Waals surface area contributed by atoms with Crippen LogP contribution in [0.1, 0.15) is 46.8 Å². The van der Waals surface area contributed by atoms with Crippen LogP contribution < -0.4 is 10.1 Å². The molecule has 152 valence electrons. The van der Waals surface area contributed by atoms with Gasteiger partial charge < -0.3 is 19.5 Å². The molecule has 0 atom stereocenters. The molecule has 0 saturated carbocycles. The second-order valence-corrected chi connectivity index (χ2v) is 6.45. The number of hydrogen-bond acceptors (Lipinski definition) is 6. The van der Waals surface area contributed by atoms with Gasteiger partial charge in [0.25, 0.3) is 5.91 Å². The van der Waals surface area contributed by atoms with Crippen LogP contribution in [-0.2, 0) is 32.1 Å². The van der Waals surface area contributed by atoms with Gasteiger partial charge >= 0.3 is 11.9 Å². The van der Waals surface area contributed by atoms with E-state index in [1.165, 1.54) is 14.2 Å². The number of carbonyl (C=O) groups excluding carboxylic acids is 3. The number of alkyl halides is 1. The molecule has 1 aromatic carbocycles. The Morgan fingerprint density at radius 1 is 1.29 bits per heavy atom. The first kappa shape index (κ1) is 21.4. The van der Waals surface area contributed by atoms with Crippen LogP contribution in [0.15, 0.2) is 11.6 Å². The minimum absolute atomic E-state index is 0.0726. The number of esters is 2. The number of carbonyl (C=O) groups is 3. The Labute approximate surface area is 162 Å². The molecule has 1 amide bonds. The summed E-state index contributed by atoms with van der Waals surface area (Å²) in [4.78, 5) is 35.3. The van der Waals surface area contributed by atoms with Crippen molar-refractivity contribution in [1.82, 2.24) is 0 Å². The molecular weight excluding hydrogens is 369 g/mol. The summed E-state index contributed by atoms with van der Waals surface area (Å²) in [6.45, 7) is 2.53. The number of cyclic esters (lactones) is 1. The molecule has 1 aliphatic heterocycles. The van der Waals surface area contributed by atoms with E-state index in [0.717, 1.165) is 11.1 Å². The number of methoxy groups -OCH3 is 2. The number of allylic oxidation sites excluding steroid dienone is 2. The van der Waals surface area contributed by atoms with E-state index >= 15 is 0 Å². The molecule has 28 heavy (non-hydrogen) atoms. The molecule has 0 unspecified atom stereocenters. The first-order valence-electron chi connectivity index (χ1n) is 8.81. The molecule has 0 fully saturated rings. The van der Waals surface area contributed by atoms with E-state index in [-0.39, 0.29) is 30.2 Å². The molecule has 0 aromatic heterocycles. The number of nitrogens with one attached hydrogen (secondary N) is 1. The number of fused-ring (bicyclic) bond motifs is 1. The summed E-state index contributed by atoms with van der Waals surface area (Å²) in [5.41, 5.74) is 3.27. The van der Waals surface area contributed by atoms with Crippen molar-refractivity contribution in [2.24, 2.45) is 0 Å². The lowest BCUT2D eigenvalue weighted by Crippen LogP contribution is -2.18. The largest absolute Gasteiger partial charge is 0.496 e. The van der Waals surface area contributed by atoms with Crippen molar-refractivity contribution in [3.8, 4) is 5.75 Å². The van der Waals surface area contributed by atoms with Crippen LogP contribution in [0.5, 0.6) is 5.75 Å². The number of ether oxygens (including phenoxy) is 3. The third-order valence-electron chi connectivity index (χ3n) is 4.67. The molecule has 1 aliphatic rings. The number of rotatable bonds is 8. The Kier molecular flexibility index (Phi) is 7.14. The third kappa shape index (κ3) is 4.49. The van der Waals surface area contributed by atoms with Gasteiger partial charge in [-0.15, -0.1) is 0 Å². The maximum atomic E-state index is 12.8. The summed E-state index contributed by atoms with van der Waals surface area (Å²) in [5.74, 6) is -1.23. The van der Waals surface area contributed by atoms with Gasteiger partial charge in [0.15, 0.2) is 6.67 Å². The van der Waals surface area contributed by atoms with Crippen LogP contribution in [0.25, 0.3) is 0 Å². The first-order chi connectivity index (χ1) is 13.3. The maximum Gasteiger partial charge on any atom is 0.341 e. The molecular formula is C20H24FNO6. The van der Waals surface area contributed by atoms with Crippen molar-refractivity contribution in [1.29, 1.82) is 0 Å². The van der Waals surface area contributed by atoms with Crippen molar-refractivity contribution >= 4 is 23.5 Å². The van der Waals surface area contributed by atoms with E-state index in [4.69, 9.17) is 9.47 Å². The van der Waals surface area contributed by atoms with Crippen LogP contribution in [-0.4, -0.2) is 38.7 Å². The van der Waals surface area contributed by atoms with Crippen LogP contribution in [0.3, 0.4) is 0 Å². The predicted octanol–water partition coefficient (Wildman–Crippen LogP) is 3.02. The molecule has 0 radical (unpaired) electrons. The molecule has 0 saturated heterocycles. The summed E-state index contributed by atoms with van der Waals surface area (Å²) < 4.78 is 28.1. The van der Waals surface area contributed by atoms with Gasteiger partial charge in [0.2, 0.25) is 0 Å². The van der Waals surface area contributed by atoms with E-state index < -0.39 is 18.6 Å². The Hall–Kier alpha value is -2.90. The van der Waals surface area contributed by atoms with Crippen molar-refractivity contribution < 1.29 is 33.0 Å². The van der Waals surface area contributed by atoms with Gasteiger partial charge in [-0.2, -0.15) is 0 Å². The standard InChI is InChI=1S/C20H24FNO6/c1-11(6-8-16(24)26-3)5-7-13-18(22-15(23)9-21)17-14(10-28-20(17)25)12(2)19(13)27-4/h5H,6-10H2,1-4H3,(H,22,23)/b11-5+. The lowest BCUT2D eigenvalue weighted by molar-refractivity contribution is -0.140. The summed E-state index contributed by atoms with van der Waals surface area (Å²) >= 11 is 0. The summed E-state index contributed by atoms with van der Waals surface area (Å²) in [6, 6.07) is 0. The lowest BCUT2D eigenvalue weighted by atomic mass is 9.93. The monoisotopic (exact) mass is 393 g/mol. The van der Waals surface area contributed by atoms with Crippen LogP contribution in [0.4, 0.5) is 10.1 Å². The van der Waals surface area contributed by atoms with Gasteiger partial charge in [-0.1, -0.05) is 11.6 Å². The van der Waals surface area contributed by atoms with Crippen molar-refractivity contribution in [2.45, 2.75) is 39.7 Å². The highest BCUT2D eigenvalue weighted by Crippen LogP contribution is 2.41. The summed E-state index contributed by atoms with van der Waals surface area (Å²) in [6.07, 6.45) is 2.95. The smallest absolute Gasteiger partial charge is 0.341 e. The topological polar surface area (TPSA) is 90.9 Å². The Bertz CT molecular complexity index is 831. The van der Waals surface area contributed by atoms with E-state index in [0.29, 0.717) is 29.7 Å². The third-order valence-corrected chi connectivity index (χ3v) is 4.67. The average molecular weight is 393 g/mol. The van der Waals surface area contributed by atoms with Crippen molar-refractivity contribution in [3.05, 3.63) is 33.9 Å². The minimum atomic E-state index is -1.21. The molecule has 8 heteroatoms. The van der Waals surface area contributed by atoms with Gasteiger partial charge in [0.05, 0.1) is 25.5 Å². The van der Waals surface area contributed by atoms with E-state index in [1.807, 2.05) is 13.0 Å². The Balaban J connectivity index is 2.47. The van der Waals surface area contributed by atoms with Crippen LogP contribution in [0.2, 0.25) is 0 Å². The zero-order valence-corrected chi connectivity index (χ0v) is 16.4. The molecule has 2 rings (SSSR count). The molecule has 1 aromatic rings. The number of amides is 1. The Morgan fingerprint density at radius 2 is 2.00 bits per heavy atom. The zero-order valence-electron chi connectivity index (χ0n) is 16.4. The fraction of sp³-hybridized carbons (Fsp3) is 0.450. The van der Waals surface area contributed by atoms with Gasteiger partial charge in [0.1, 0.15) is 12.4 Å². The number of halogens is 1. The van der Waals surface area contributed by atoms with Crippen molar-refractivity contribution in [3.63, 3.8) is 0 Å². The minimum Gasteiger partial charge on any atom is -0.496 e. The van der Waals surface area contributed by atoms with Gasteiger partial charge in [-0.05, 0) is 32.3 Å². The van der Waals surface area contributed by atoms with Gasteiger partial charge in [-0.25, -0.2) is 9.18 Å². The molecule has 0 spiro atoms. The van der Waals surface area contributed by atoms with Gasteiger partial charge in [-0.3, -0.25) is 9.59 Å². The molecule has 1 heterocycles. The Morgan fingerprint density at radius 3 is 2.61 bits per heavy atom. The molecule has 0 bridgehead atoms. The highest BCUT2D eigenvalue weighted by Gasteiger charge is 2.32. The second-order valence-electron chi connectivity index (χ2n) is 6.45. The fourth-order valence-corrected chi connectivity index (χ4v) is 3.14. The normalized spacial score (nSPS) is 13.0. The number of hydrogen-bond donors (Lipinski definition) is 1. The SMILES string of the molecule is COC(=O)CC/C(C)=C/Cc1c(NC(=O)CF)c2c(c(C)c1OC)COC2=O. The molecule has 1 N–H and O–H groups in total. The maximum absolute atomic E-state index is 12.8. The first-order valence-corrected chi connectivity index (χ1v) is 8.81. The fourth-order valence-electron chi connectivity index (χ4n) is 3.14. The summed E-state index contributed by atoms with van der Waals surface area (Å²) in [7, 11) is 2.82. The van der Waals surface area contributed by atoms with E-state index in [9.17, 15) is 18.8 Å². The average Bonchev–Trinajstić information content (AvgIpc) is 3.08. The summed E-state index contributed by atoms with van der Waals surface area (Å²) in [5, 5.41) is 2.48. The van der Waals surface area contributed by atoms with Crippen LogP contribution >= 0.6 is 0 Å². The molecule has 0 aliphatic carbocycles. The number of benzene rings is 1. The van der Waals surface area contributed by atoms with Crippen LogP contribution in [0, 0.1) is 6.92 Å². The zero-order chi connectivity index (χ0) is 20.8. The predicted molar refractivity (Wildman–Crippen MR) is 100 cm³/mol. The second kappa shape index (κ2) is 9.34. The highest BCUT2D eigenvalue weighted by atomic mass is 19.1. The highest BCUT2D eigenvalue weighted by molar-refractivity contribution is 6.06.